The van der Waals surface area contributed by atoms with E-state index in [0.29, 0.717) is 44.1 Å². The van der Waals surface area contributed by atoms with Gasteiger partial charge in [0, 0.05) is 25.7 Å². The first-order valence-corrected chi connectivity index (χ1v) is 14.8. The van der Waals surface area contributed by atoms with Crippen LogP contribution in [0.15, 0.2) is 73.8 Å². The maximum Gasteiger partial charge on any atom is 0.328 e. The van der Waals surface area contributed by atoms with E-state index < -0.39 is 29.9 Å². The number of ether oxygens (including phenoxy) is 3. The van der Waals surface area contributed by atoms with Crippen molar-refractivity contribution in [1.29, 1.82) is 0 Å². The summed E-state index contributed by atoms with van der Waals surface area (Å²) >= 11 is 0. The normalized spacial score (nSPS) is 12.3. The molecule has 0 radical (unpaired) electrons. The molecule has 5 N–H and O–H groups in total. The molecular weight excluding hydrogens is 598 g/mol. The highest BCUT2D eigenvalue weighted by Crippen LogP contribution is 2.19. The lowest BCUT2D eigenvalue weighted by atomic mass is 9.90. The molecule has 0 spiro atoms. The van der Waals surface area contributed by atoms with Crippen molar-refractivity contribution in [3.05, 3.63) is 85.0 Å². The fraction of sp³-hybridized carbons (Fsp3) is 0.412. The molecule has 246 valence electrons. The summed E-state index contributed by atoms with van der Waals surface area (Å²) in [4.78, 5) is 51.8. The van der Waals surface area contributed by atoms with Crippen molar-refractivity contribution in [2.75, 3.05) is 26.9 Å². The molecular formula is C34H46ClN3O7. The van der Waals surface area contributed by atoms with Crippen molar-refractivity contribution in [1.82, 2.24) is 10.6 Å². The molecule has 10 nitrogen and oxygen atoms in total. The number of carbonyl (C=O) groups excluding carboxylic acids is 4. The average molecular weight is 644 g/mol. The number of ketones is 1. The van der Waals surface area contributed by atoms with Crippen LogP contribution in [0.25, 0.3) is 0 Å². The number of esters is 1. The number of nitrogens with one attached hydrogen (secondary N) is 2. The van der Waals surface area contributed by atoms with Gasteiger partial charge in [0.15, 0.2) is 5.78 Å². The summed E-state index contributed by atoms with van der Waals surface area (Å²) in [6.07, 6.45) is 5.54. The largest absolute Gasteiger partial charge is 1.00 e. The van der Waals surface area contributed by atoms with Crippen LogP contribution in [0.5, 0.6) is 11.5 Å². The Morgan fingerprint density at radius 3 is 1.78 bits per heavy atom. The molecule has 2 rings (SSSR count). The Hall–Kier alpha value is -4.15. The van der Waals surface area contributed by atoms with Crippen molar-refractivity contribution in [2.24, 2.45) is 5.92 Å². The second kappa shape index (κ2) is 21.5. The minimum absolute atomic E-state index is 0. The Bertz CT molecular complexity index is 1240. The molecule has 0 saturated heterocycles. The lowest BCUT2D eigenvalue weighted by Gasteiger charge is -2.23. The first kappa shape index (κ1) is 38.9. The second-order valence-electron chi connectivity index (χ2n) is 10.4. The van der Waals surface area contributed by atoms with Gasteiger partial charge in [-0.2, -0.15) is 0 Å². The zero-order chi connectivity index (χ0) is 32.3. The molecule has 11 heteroatoms. The fourth-order valence-corrected chi connectivity index (χ4v) is 4.62. The van der Waals surface area contributed by atoms with E-state index in [2.05, 4.69) is 29.5 Å². The smallest absolute Gasteiger partial charge is 0.328 e. The van der Waals surface area contributed by atoms with Crippen LogP contribution < -0.4 is 38.2 Å². The summed E-state index contributed by atoms with van der Waals surface area (Å²) in [5.41, 5.74) is 5.49. The van der Waals surface area contributed by atoms with Crippen LogP contribution >= 0.6 is 0 Å². The maximum absolute atomic E-state index is 13.6. The number of halogens is 1. The van der Waals surface area contributed by atoms with Gasteiger partial charge in [-0.05, 0) is 61.1 Å². The van der Waals surface area contributed by atoms with Crippen LogP contribution in [-0.4, -0.2) is 62.5 Å². The molecule has 0 aliphatic rings. The van der Waals surface area contributed by atoms with Crippen LogP contribution in [0.4, 0.5) is 0 Å². The number of hydrogen-bond acceptors (Lipinski definition) is 7. The number of Topliss-reactive ketones (excluding diaryl/α,β-unsaturated/α-hetero) is 1. The van der Waals surface area contributed by atoms with Crippen LogP contribution in [-0.2, 0) is 36.8 Å². The number of carbonyl (C=O) groups is 4. The van der Waals surface area contributed by atoms with E-state index in [1.54, 1.807) is 36.4 Å². The molecule has 0 heterocycles. The minimum atomic E-state index is -0.953. The number of quaternary nitrogens is 1. The SMILES string of the molecule is C=CCOc1ccc(C[C@H](NC(C)=O)C(=O)C[C@H](CCCC[NH3+])C(=O)N[C@@H](Cc2ccc(OCC=C)cc2)C(=O)OC)cc1.[Cl-]. The van der Waals surface area contributed by atoms with E-state index in [1.807, 2.05) is 24.3 Å². The molecule has 3 atom stereocenters. The van der Waals surface area contributed by atoms with E-state index in [1.165, 1.54) is 14.0 Å². The van der Waals surface area contributed by atoms with Gasteiger partial charge in [-0.3, -0.25) is 14.4 Å². The molecule has 0 unspecified atom stereocenters. The summed E-state index contributed by atoms with van der Waals surface area (Å²) < 4.78 is 16.0. The lowest BCUT2D eigenvalue weighted by molar-refractivity contribution is -0.368. The molecule has 0 fully saturated rings. The van der Waals surface area contributed by atoms with Crippen molar-refractivity contribution >= 4 is 23.6 Å². The first-order chi connectivity index (χ1) is 21.2. The van der Waals surface area contributed by atoms with E-state index >= 15 is 0 Å². The van der Waals surface area contributed by atoms with E-state index in [0.717, 1.165) is 17.5 Å². The maximum atomic E-state index is 13.6. The Kier molecular flexibility index (Phi) is 18.6. The van der Waals surface area contributed by atoms with Gasteiger partial charge in [0.2, 0.25) is 11.8 Å². The number of amides is 2. The monoisotopic (exact) mass is 643 g/mol. The van der Waals surface area contributed by atoms with Crippen LogP contribution in [0.2, 0.25) is 0 Å². The zero-order valence-electron chi connectivity index (χ0n) is 26.2. The summed E-state index contributed by atoms with van der Waals surface area (Å²) in [6, 6.07) is 12.6. The topological polar surface area (TPSA) is 148 Å². The Balaban J connectivity index is 0.0000101. The highest BCUT2D eigenvalue weighted by atomic mass is 35.5. The van der Waals surface area contributed by atoms with Gasteiger partial charge in [0.25, 0.3) is 0 Å². The van der Waals surface area contributed by atoms with Crippen LogP contribution in [0.1, 0.15) is 43.7 Å². The quantitative estimate of drug-likeness (QED) is 0.0966. The standard InChI is InChI=1S/C34H45N3O7.ClH/c1-5-19-43-28-14-10-25(11-15-28)21-30(36-24(3)38)32(39)23-27(9-7-8-18-35)33(40)37-31(34(41)42-4)22-26-12-16-29(17-13-26)44-20-6-2;/h5-6,10-17,27,30-31H,1-2,7-9,18-23,35H2,3-4H3,(H,36,38)(H,37,40);1H/t27-,30-,31-;/m0./s1. The first-order valence-electron chi connectivity index (χ1n) is 14.8. The van der Waals surface area contributed by atoms with Crippen molar-refractivity contribution in [3.63, 3.8) is 0 Å². The van der Waals surface area contributed by atoms with Crippen molar-refractivity contribution in [3.8, 4) is 11.5 Å². The fourth-order valence-electron chi connectivity index (χ4n) is 4.62. The van der Waals surface area contributed by atoms with Crippen LogP contribution in [0, 0.1) is 5.92 Å². The molecule has 0 aliphatic carbocycles. The number of benzene rings is 2. The summed E-state index contributed by atoms with van der Waals surface area (Å²) in [5.74, 6) is -1.02. The Morgan fingerprint density at radius 2 is 1.33 bits per heavy atom. The lowest BCUT2D eigenvalue weighted by Crippen LogP contribution is -3.00. The number of rotatable bonds is 21. The number of unbranched alkanes of at least 4 members (excludes halogenated alkanes) is 1. The van der Waals surface area contributed by atoms with Crippen molar-refractivity contribution in [2.45, 2.75) is 57.5 Å². The summed E-state index contributed by atoms with van der Waals surface area (Å²) in [5, 5.41) is 5.56. The highest BCUT2D eigenvalue weighted by Gasteiger charge is 2.30. The Labute approximate surface area is 272 Å². The minimum Gasteiger partial charge on any atom is -1.00 e. The van der Waals surface area contributed by atoms with Gasteiger partial charge in [-0.25, -0.2) is 4.79 Å². The predicted octanol–water partition coefficient (Wildman–Crippen LogP) is -0.244. The zero-order valence-corrected chi connectivity index (χ0v) is 27.0. The summed E-state index contributed by atoms with van der Waals surface area (Å²) in [6.45, 7) is 10.1. The molecule has 2 aromatic carbocycles. The van der Waals surface area contributed by atoms with Gasteiger partial charge < -0.3 is 43.0 Å². The van der Waals surface area contributed by atoms with Gasteiger partial charge in [0.05, 0.1) is 19.7 Å². The molecule has 0 saturated carbocycles. The van der Waals surface area contributed by atoms with Gasteiger partial charge in [-0.15, -0.1) is 0 Å². The molecule has 45 heavy (non-hydrogen) atoms. The second-order valence-corrected chi connectivity index (χ2v) is 10.4. The van der Waals surface area contributed by atoms with Gasteiger partial charge >= 0.3 is 5.97 Å². The third-order valence-electron chi connectivity index (χ3n) is 6.90. The molecule has 2 aromatic rings. The summed E-state index contributed by atoms with van der Waals surface area (Å²) in [7, 11) is 1.26. The highest BCUT2D eigenvalue weighted by molar-refractivity contribution is 5.93. The molecule has 0 bridgehead atoms. The molecule has 0 aromatic heterocycles. The third-order valence-corrected chi connectivity index (χ3v) is 6.90. The molecule has 0 aliphatic heterocycles. The van der Waals surface area contributed by atoms with Crippen molar-refractivity contribution < 1.29 is 51.5 Å². The van der Waals surface area contributed by atoms with Gasteiger partial charge in [-0.1, -0.05) is 49.6 Å². The van der Waals surface area contributed by atoms with E-state index in [4.69, 9.17) is 14.2 Å². The predicted molar refractivity (Wildman–Crippen MR) is 168 cm³/mol. The van der Waals surface area contributed by atoms with Gasteiger partial charge in [0.1, 0.15) is 30.8 Å². The van der Waals surface area contributed by atoms with Crippen LogP contribution in [0.3, 0.4) is 0 Å². The third kappa shape index (κ3) is 14.5. The number of hydrogen-bond donors (Lipinski definition) is 3. The molecule has 2 amide bonds. The van der Waals surface area contributed by atoms with E-state index in [9.17, 15) is 19.2 Å². The van der Waals surface area contributed by atoms with E-state index in [-0.39, 0.29) is 43.4 Å². The Morgan fingerprint density at radius 1 is 0.822 bits per heavy atom. The average Bonchev–Trinajstić information content (AvgIpc) is 3.02. The number of methoxy groups -OCH3 is 1.